The van der Waals surface area contributed by atoms with Gasteiger partial charge in [0.15, 0.2) is 5.82 Å². The molecule has 1 aromatic carbocycles. The average molecular weight is 260 g/mol. The molecule has 102 valence electrons. The number of aryl methyl sites for hydroxylation is 1. The molecule has 5 heteroatoms. The number of aromatic nitrogens is 3. The number of benzene rings is 1. The Morgan fingerprint density at radius 1 is 1.37 bits per heavy atom. The van der Waals surface area contributed by atoms with Crippen LogP contribution in [0.2, 0.25) is 0 Å². The van der Waals surface area contributed by atoms with Gasteiger partial charge in [0.1, 0.15) is 18.2 Å². The molecule has 0 amide bonds. The van der Waals surface area contributed by atoms with Crippen molar-refractivity contribution in [2.75, 3.05) is 13.2 Å². The average Bonchev–Trinajstić information content (AvgIpc) is 2.79. The summed E-state index contributed by atoms with van der Waals surface area (Å²) in [5.41, 5.74) is 6.38. The van der Waals surface area contributed by atoms with Gasteiger partial charge < -0.3 is 10.5 Å². The summed E-state index contributed by atoms with van der Waals surface area (Å²) in [7, 11) is 0. The molecular weight excluding hydrogens is 240 g/mol. The first kappa shape index (κ1) is 13.5. The SMILES string of the molecule is Cc1nc(C(C)C)nn1-c1cccc(OCCN)c1. The predicted molar refractivity (Wildman–Crippen MR) is 74.7 cm³/mol. The van der Waals surface area contributed by atoms with E-state index in [0.29, 0.717) is 19.1 Å². The van der Waals surface area contributed by atoms with Crippen LogP contribution in [0.25, 0.3) is 5.69 Å². The molecule has 0 atom stereocenters. The molecule has 19 heavy (non-hydrogen) atoms. The van der Waals surface area contributed by atoms with Gasteiger partial charge in [-0.1, -0.05) is 19.9 Å². The summed E-state index contributed by atoms with van der Waals surface area (Å²) < 4.78 is 7.36. The van der Waals surface area contributed by atoms with Crippen molar-refractivity contribution in [2.45, 2.75) is 26.7 Å². The fourth-order valence-electron chi connectivity index (χ4n) is 1.78. The molecule has 1 heterocycles. The van der Waals surface area contributed by atoms with E-state index in [2.05, 4.69) is 23.9 Å². The fourth-order valence-corrected chi connectivity index (χ4v) is 1.78. The highest BCUT2D eigenvalue weighted by molar-refractivity contribution is 5.39. The Balaban J connectivity index is 2.30. The molecule has 0 aliphatic rings. The van der Waals surface area contributed by atoms with Crippen molar-refractivity contribution < 1.29 is 4.74 Å². The van der Waals surface area contributed by atoms with Gasteiger partial charge in [0, 0.05) is 18.5 Å². The quantitative estimate of drug-likeness (QED) is 0.893. The van der Waals surface area contributed by atoms with Gasteiger partial charge in [-0.3, -0.25) is 0 Å². The van der Waals surface area contributed by atoms with Crippen molar-refractivity contribution in [2.24, 2.45) is 5.73 Å². The van der Waals surface area contributed by atoms with Crippen LogP contribution in [0.3, 0.4) is 0 Å². The molecule has 2 aromatic rings. The zero-order valence-electron chi connectivity index (χ0n) is 11.6. The second-order valence-corrected chi connectivity index (χ2v) is 4.72. The van der Waals surface area contributed by atoms with E-state index in [1.807, 2.05) is 35.9 Å². The zero-order valence-corrected chi connectivity index (χ0v) is 11.6. The Labute approximate surface area is 113 Å². The number of ether oxygens (including phenoxy) is 1. The van der Waals surface area contributed by atoms with Crippen LogP contribution in [0, 0.1) is 6.92 Å². The molecule has 0 spiro atoms. The van der Waals surface area contributed by atoms with Gasteiger partial charge in [-0.05, 0) is 19.1 Å². The van der Waals surface area contributed by atoms with E-state index in [9.17, 15) is 0 Å². The number of rotatable bonds is 5. The van der Waals surface area contributed by atoms with Crippen molar-refractivity contribution in [3.8, 4) is 11.4 Å². The van der Waals surface area contributed by atoms with Crippen LogP contribution in [0.4, 0.5) is 0 Å². The molecule has 0 fully saturated rings. The maximum absolute atomic E-state index is 5.52. The molecule has 0 unspecified atom stereocenters. The minimum absolute atomic E-state index is 0.316. The lowest BCUT2D eigenvalue weighted by molar-refractivity contribution is 0.328. The Kier molecular flexibility index (Phi) is 4.16. The summed E-state index contributed by atoms with van der Waals surface area (Å²) in [4.78, 5) is 4.47. The topological polar surface area (TPSA) is 66.0 Å². The van der Waals surface area contributed by atoms with Gasteiger partial charge >= 0.3 is 0 Å². The molecule has 0 saturated carbocycles. The van der Waals surface area contributed by atoms with Crippen LogP contribution >= 0.6 is 0 Å². The highest BCUT2D eigenvalue weighted by Crippen LogP contribution is 2.19. The normalized spacial score (nSPS) is 11.0. The minimum atomic E-state index is 0.316. The van der Waals surface area contributed by atoms with Gasteiger partial charge in [-0.2, -0.15) is 5.10 Å². The van der Waals surface area contributed by atoms with Crippen molar-refractivity contribution in [3.63, 3.8) is 0 Å². The van der Waals surface area contributed by atoms with Crippen LogP contribution in [0.15, 0.2) is 24.3 Å². The summed E-state index contributed by atoms with van der Waals surface area (Å²) >= 11 is 0. The zero-order chi connectivity index (χ0) is 13.8. The molecular formula is C14H20N4O. The third-order valence-electron chi connectivity index (χ3n) is 2.75. The highest BCUT2D eigenvalue weighted by Gasteiger charge is 2.11. The molecule has 1 aromatic heterocycles. The molecule has 2 N–H and O–H groups in total. The van der Waals surface area contributed by atoms with Crippen molar-refractivity contribution in [1.82, 2.24) is 14.8 Å². The molecule has 0 aliphatic heterocycles. The second kappa shape index (κ2) is 5.84. The van der Waals surface area contributed by atoms with Crippen LogP contribution in [-0.2, 0) is 0 Å². The molecule has 5 nitrogen and oxygen atoms in total. The fraction of sp³-hybridized carbons (Fsp3) is 0.429. The Hall–Kier alpha value is -1.88. The number of nitrogens with zero attached hydrogens (tertiary/aromatic N) is 3. The van der Waals surface area contributed by atoms with Crippen molar-refractivity contribution >= 4 is 0 Å². The van der Waals surface area contributed by atoms with Crippen molar-refractivity contribution in [3.05, 3.63) is 35.9 Å². The lowest BCUT2D eigenvalue weighted by Crippen LogP contribution is -2.10. The van der Waals surface area contributed by atoms with E-state index in [0.717, 1.165) is 23.1 Å². The first-order chi connectivity index (χ1) is 9.11. The summed E-state index contributed by atoms with van der Waals surface area (Å²) in [6, 6.07) is 7.79. The Morgan fingerprint density at radius 3 is 2.79 bits per heavy atom. The van der Waals surface area contributed by atoms with Gasteiger partial charge in [0.05, 0.1) is 5.69 Å². The molecule has 0 bridgehead atoms. The first-order valence-corrected chi connectivity index (χ1v) is 6.48. The minimum Gasteiger partial charge on any atom is -0.492 e. The Morgan fingerprint density at radius 2 is 2.16 bits per heavy atom. The monoisotopic (exact) mass is 260 g/mol. The molecule has 0 saturated heterocycles. The van der Waals surface area contributed by atoms with E-state index in [1.54, 1.807) is 0 Å². The van der Waals surface area contributed by atoms with Crippen LogP contribution < -0.4 is 10.5 Å². The third kappa shape index (κ3) is 3.12. The largest absolute Gasteiger partial charge is 0.492 e. The predicted octanol–water partition coefficient (Wildman–Crippen LogP) is 2.04. The van der Waals surface area contributed by atoms with Gasteiger partial charge in [0.25, 0.3) is 0 Å². The summed E-state index contributed by atoms with van der Waals surface area (Å²) in [6.45, 7) is 7.13. The summed E-state index contributed by atoms with van der Waals surface area (Å²) in [6.07, 6.45) is 0. The Bertz CT molecular complexity index is 548. The van der Waals surface area contributed by atoms with Gasteiger partial charge in [-0.25, -0.2) is 9.67 Å². The number of hydrogen-bond donors (Lipinski definition) is 1. The maximum atomic E-state index is 5.52. The lowest BCUT2D eigenvalue weighted by Gasteiger charge is -2.07. The van der Waals surface area contributed by atoms with Crippen LogP contribution in [0.5, 0.6) is 5.75 Å². The van der Waals surface area contributed by atoms with Crippen LogP contribution in [0.1, 0.15) is 31.4 Å². The molecule has 0 aliphatic carbocycles. The van der Waals surface area contributed by atoms with Crippen molar-refractivity contribution in [1.29, 1.82) is 0 Å². The smallest absolute Gasteiger partial charge is 0.153 e. The number of hydrogen-bond acceptors (Lipinski definition) is 4. The molecule has 2 rings (SSSR count). The number of nitrogens with two attached hydrogens (primary N) is 1. The first-order valence-electron chi connectivity index (χ1n) is 6.48. The standard InChI is InChI=1S/C14H20N4O/c1-10(2)14-16-11(3)18(17-14)12-5-4-6-13(9-12)19-8-7-15/h4-6,9-10H,7-8,15H2,1-3H3. The van der Waals surface area contributed by atoms with E-state index < -0.39 is 0 Å². The summed E-state index contributed by atoms with van der Waals surface area (Å²) in [5.74, 6) is 2.84. The second-order valence-electron chi connectivity index (χ2n) is 4.72. The third-order valence-corrected chi connectivity index (χ3v) is 2.75. The van der Waals surface area contributed by atoms with E-state index in [-0.39, 0.29) is 0 Å². The lowest BCUT2D eigenvalue weighted by atomic mass is 10.2. The van der Waals surface area contributed by atoms with E-state index in [4.69, 9.17) is 10.5 Å². The van der Waals surface area contributed by atoms with Crippen LogP contribution in [-0.4, -0.2) is 27.9 Å². The van der Waals surface area contributed by atoms with Gasteiger partial charge in [-0.15, -0.1) is 0 Å². The van der Waals surface area contributed by atoms with E-state index in [1.165, 1.54) is 0 Å². The summed E-state index contributed by atoms with van der Waals surface area (Å²) in [5, 5.41) is 4.53. The maximum Gasteiger partial charge on any atom is 0.153 e. The molecule has 0 radical (unpaired) electrons. The van der Waals surface area contributed by atoms with Gasteiger partial charge in [0.2, 0.25) is 0 Å². The van der Waals surface area contributed by atoms with E-state index >= 15 is 0 Å². The highest BCUT2D eigenvalue weighted by atomic mass is 16.5.